The minimum atomic E-state index is -0.463. The van der Waals surface area contributed by atoms with E-state index in [0.717, 1.165) is 13.0 Å². The lowest BCUT2D eigenvalue weighted by atomic mass is 10.1. The summed E-state index contributed by atoms with van der Waals surface area (Å²) in [6.07, 6.45) is 6.27. The molecule has 0 fully saturated rings. The normalized spacial score (nSPS) is 16.3. The van der Waals surface area contributed by atoms with Gasteiger partial charge >= 0.3 is 0 Å². The zero-order valence-electron chi connectivity index (χ0n) is 13.1. The van der Waals surface area contributed by atoms with Gasteiger partial charge in [-0.2, -0.15) is 0 Å². The van der Waals surface area contributed by atoms with Crippen molar-refractivity contribution in [1.29, 1.82) is 0 Å². The van der Waals surface area contributed by atoms with Gasteiger partial charge in [0, 0.05) is 31.5 Å². The Hall–Kier alpha value is -0.910. The lowest BCUT2D eigenvalue weighted by Crippen LogP contribution is -2.38. The number of nitrogens with one attached hydrogen (secondary N) is 1. The second-order valence-corrected chi connectivity index (χ2v) is 6.00. The van der Waals surface area contributed by atoms with Crippen LogP contribution in [0.5, 0.6) is 0 Å². The number of imidazole rings is 1. The Morgan fingerprint density at radius 1 is 1.30 bits per heavy atom. The molecule has 0 radical (unpaired) electrons. The molecule has 2 N–H and O–H groups in total. The largest absolute Gasteiger partial charge is 0.389 e. The minimum Gasteiger partial charge on any atom is -0.389 e. The highest BCUT2D eigenvalue weighted by Crippen LogP contribution is 2.07. The van der Waals surface area contributed by atoms with Crippen LogP contribution in [-0.2, 0) is 11.3 Å². The summed E-state index contributed by atoms with van der Waals surface area (Å²) in [7, 11) is 0. The molecule has 1 aromatic rings. The molecule has 0 bridgehead atoms. The molecule has 3 atom stereocenters. The number of aromatic nitrogens is 2. The number of aliphatic hydroxyl groups excluding tert-OH is 1. The van der Waals surface area contributed by atoms with Crippen LogP contribution in [0, 0.1) is 5.92 Å². The van der Waals surface area contributed by atoms with Crippen LogP contribution in [0.1, 0.15) is 34.1 Å². The molecule has 1 heterocycles. The molecule has 0 aliphatic rings. The van der Waals surface area contributed by atoms with Gasteiger partial charge in [-0.05, 0) is 26.2 Å². The molecular formula is C15H29N3O2. The molecule has 1 rings (SSSR count). The van der Waals surface area contributed by atoms with Crippen LogP contribution in [-0.4, -0.2) is 46.1 Å². The number of nitrogens with zero attached hydrogens (tertiary/aromatic N) is 2. The van der Waals surface area contributed by atoms with Gasteiger partial charge < -0.3 is 19.7 Å². The predicted octanol–water partition coefficient (Wildman–Crippen LogP) is 1.67. The first-order valence-electron chi connectivity index (χ1n) is 7.46. The number of aliphatic hydroxyl groups is 1. The monoisotopic (exact) mass is 283 g/mol. The summed E-state index contributed by atoms with van der Waals surface area (Å²) in [5.74, 6) is 0.621. The van der Waals surface area contributed by atoms with Gasteiger partial charge in [0.1, 0.15) is 0 Å². The van der Waals surface area contributed by atoms with Gasteiger partial charge in [-0.1, -0.05) is 13.8 Å². The molecule has 3 unspecified atom stereocenters. The average molecular weight is 283 g/mol. The maximum absolute atomic E-state index is 9.90. The van der Waals surface area contributed by atoms with Crippen molar-refractivity contribution in [3.63, 3.8) is 0 Å². The van der Waals surface area contributed by atoms with E-state index in [0.29, 0.717) is 19.1 Å². The van der Waals surface area contributed by atoms with Gasteiger partial charge in [0.15, 0.2) is 0 Å². The number of ether oxygens (including phenoxy) is 1. The first-order valence-corrected chi connectivity index (χ1v) is 7.46. The van der Waals surface area contributed by atoms with Crippen molar-refractivity contribution in [2.45, 2.75) is 58.9 Å². The van der Waals surface area contributed by atoms with Crippen molar-refractivity contribution in [3.8, 4) is 0 Å². The van der Waals surface area contributed by atoms with E-state index in [2.05, 4.69) is 38.0 Å². The van der Waals surface area contributed by atoms with Crippen LogP contribution in [0.3, 0.4) is 0 Å². The highest BCUT2D eigenvalue weighted by molar-refractivity contribution is 4.77. The van der Waals surface area contributed by atoms with Gasteiger partial charge in [0.05, 0.1) is 25.1 Å². The summed E-state index contributed by atoms with van der Waals surface area (Å²) >= 11 is 0. The third kappa shape index (κ3) is 7.62. The first kappa shape index (κ1) is 17.1. The summed E-state index contributed by atoms with van der Waals surface area (Å²) in [5.41, 5.74) is 0. The zero-order chi connectivity index (χ0) is 15.0. The lowest BCUT2D eigenvalue weighted by Gasteiger charge is -2.20. The van der Waals surface area contributed by atoms with E-state index in [9.17, 15) is 5.11 Å². The molecule has 20 heavy (non-hydrogen) atoms. The quantitative estimate of drug-likeness (QED) is 0.686. The average Bonchev–Trinajstić information content (AvgIpc) is 2.86. The van der Waals surface area contributed by atoms with Gasteiger partial charge in [0.2, 0.25) is 0 Å². The van der Waals surface area contributed by atoms with Crippen molar-refractivity contribution in [2.24, 2.45) is 5.92 Å². The van der Waals surface area contributed by atoms with Gasteiger partial charge in [-0.25, -0.2) is 4.98 Å². The minimum absolute atomic E-state index is 0.202. The lowest BCUT2D eigenvalue weighted by molar-refractivity contribution is -0.00924. The maximum atomic E-state index is 9.90. The second-order valence-electron chi connectivity index (χ2n) is 6.00. The van der Waals surface area contributed by atoms with E-state index >= 15 is 0 Å². The van der Waals surface area contributed by atoms with E-state index in [1.54, 1.807) is 12.5 Å². The Morgan fingerprint density at radius 3 is 2.65 bits per heavy atom. The Kier molecular flexibility index (Phi) is 7.80. The van der Waals surface area contributed by atoms with Crippen molar-refractivity contribution in [1.82, 2.24) is 14.9 Å². The van der Waals surface area contributed by atoms with Crippen molar-refractivity contribution < 1.29 is 9.84 Å². The van der Waals surface area contributed by atoms with E-state index in [4.69, 9.17) is 4.74 Å². The molecule has 0 saturated heterocycles. The smallest absolute Gasteiger partial charge is 0.0946 e. The standard InChI is InChI=1S/C15H29N3O2/c1-12(2)7-14(4)20-10-15(19)8-17-13(3)9-18-6-5-16-11-18/h5-6,11-15,17,19H,7-10H2,1-4H3. The number of rotatable bonds is 10. The van der Waals surface area contributed by atoms with Crippen LogP contribution in [0.4, 0.5) is 0 Å². The zero-order valence-corrected chi connectivity index (χ0v) is 13.1. The fraction of sp³-hybridized carbons (Fsp3) is 0.800. The van der Waals surface area contributed by atoms with Crippen LogP contribution in [0.25, 0.3) is 0 Å². The highest BCUT2D eigenvalue weighted by atomic mass is 16.5. The predicted molar refractivity (Wildman–Crippen MR) is 80.6 cm³/mol. The van der Waals surface area contributed by atoms with Crippen molar-refractivity contribution in [2.75, 3.05) is 13.2 Å². The highest BCUT2D eigenvalue weighted by Gasteiger charge is 2.11. The summed E-state index contributed by atoms with van der Waals surface area (Å²) < 4.78 is 7.67. The van der Waals surface area contributed by atoms with Crippen LogP contribution in [0.2, 0.25) is 0 Å². The summed E-state index contributed by atoms with van der Waals surface area (Å²) in [4.78, 5) is 4.01. The SMILES string of the molecule is CC(C)CC(C)OCC(O)CNC(C)Cn1ccnc1. The summed E-state index contributed by atoms with van der Waals surface area (Å²) in [5, 5.41) is 13.2. The van der Waals surface area contributed by atoms with Crippen molar-refractivity contribution in [3.05, 3.63) is 18.7 Å². The van der Waals surface area contributed by atoms with Crippen LogP contribution < -0.4 is 5.32 Å². The molecule has 0 aliphatic carbocycles. The Morgan fingerprint density at radius 2 is 2.05 bits per heavy atom. The molecule has 0 aromatic carbocycles. The van der Waals surface area contributed by atoms with Gasteiger partial charge in [-0.15, -0.1) is 0 Å². The molecule has 0 spiro atoms. The first-order chi connectivity index (χ1) is 9.47. The molecule has 0 amide bonds. The number of hydrogen-bond acceptors (Lipinski definition) is 4. The molecular weight excluding hydrogens is 254 g/mol. The Bertz CT molecular complexity index is 341. The van der Waals surface area contributed by atoms with Crippen LogP contribution >= 0.6 is 0 Å². The van der Waals surface area contributed by atoms with E-state index in [-0.39, 0.29) is 12.1 Å². The van der Waals surface area contributed by atoms with E-state index < -0.39 is 6.10 Å². The summed E-state index contributed by atoms with van der Waals surface area (Å²) in [6, 6.07) is 0.284. The van der Waals surface area contributed by atoms with Gasteiger partial charge in [0.25, 0.3) is 0 Å². The third-order valence-corrected chi connectivity index (χ3v) is 3.12. The molecule has 5 nitrogen and oxygen atoms in total. The molecule has 5 heteroatoms. The maximum Gasteiger partial charge on any atom is 0.0946 e. The third-order valence-electron chi connectivity index (χ3n) is 3.12. The molecule has 0 saturated carbocycles. The Balaban J connectivity index is 2.11. The summed E-state index contributed by atoms with van der Waals surface area (Å²) in [6.45, 7) is 10.3. The van der Waals surface area contributed by atoms with Gasteiger partial charge in [-0.3, -0.25) is 0 Å². The molecule has 1 aromatic heterocycles. The van der Waals surface area contributed by atoms with Crippen molar-refractivity contribution >= 4 is 0 Å². The number of hydrogen-bond donors (Lipinski definition) is 2. The fourth-order valence-corrected chi connectivity index (χ4v) is 2.18. The van der Waals surface area contributed by atoms with E-state index in [1.165, 1.54) is 0 Å². The Labute approximate surface area is 122 Å². The molecule has 0 aliphatic heterocycles. The van der Waals surface area contributed by atoms with Crippen LogP contribution in [0.15, 0.2) is 18.7 Å². The fourth-order valence-electron chi connectivity index (χ4n) is 2.18. The second kappa shape index (κ2) is 9.10. The van der Waals surface area contributed by atoms with E-state index in [1.807, 2.05) is 10.8 Å². The topological polar surface area (TPSA) is 59.3 Å². The molecule has 116 valence electrons.